The molecule has 0 amide bonds. The van der Waals surface area contributed by atoms with Crippen LogP contribution in [0.2, 0.25) is 0 Å². The third-order valence-corrected chi connectivity index (χ3v) is 3.38. The van der Waals surface area contributed by atoms with Crippen molar-refractivity contribution in [3.8, 4) is 11.3 Å². The van der Waals surface area contributed by atoms with Gasteiger partial charge in [0.1, 0.15) is 0 Å². The molecule has 0 saturated carbocycles. The molecule has 0 spiro atoms. The van der Waals surface area contributed by atoms with Crippen LogP contribution < -0.4 is 0 Å². The summed E-state index contributed by atoms with van der Waals surface area (Å²) in [6.07, 6.45) is 7.54. The van der Waals surface area contributed by atoms with Crippen molar-refractivity contribution in [3.63, 3.8) is 0 Å². The fraction of sp³-hybridized carbons (Fsp3) is 0.211. The maximum Gasteiger partial charge on any atom is 0.0959 e. The molecule has 0 radical (unpaired) electrons. The third-order valence-electron chi connectivity index (χ3n) is 3.38. The molecule has 23 heavy (non-hydrogen) atoms. The number of nitrogens with zero attached hydrogens (tertiary/aromatic N) is 2. The van der Waals surface area contributed by atoms with Crippen molar-refractivity contribution >= 4 is 0 Å². The predicted octanol–water partition coefficient (Wildman–Crippen LogP) is 3.66. The van der Waals surface area contributed by atoms with E-state index in [2.05, 4.69) is 11.6 Å². The van der Waals surface area contributed by atoms with Gasteiger partial charge in [-0.05, 0) is 18.6 Å². The standard InChI is InChI=1S/C19H22N2O2/c1-15(7-6-8-16(2)23)13-21-14-20-19(18(21)11-12-22)17-9-4-3-5-10-17/h3-10,14,22-23H,1,11-13H2,2H3/b7-6-,16-8+. The number of benzene rings is 1. The number of imidazole rings is 1. The number of aromatic nitrogens is 2. The van der Waals surface area contributed by atoms with Gasteiger partial charge in [-0.3, -0.25) is 0 Å². The normalized spacial score (nSPS) is 12.0. The highest BCUT2D eigenvalue weighted by Gasteiger charge is 2.12. The molecule has 4 heteroatoms. The van der Waals surface area contributed by atoms with Crippen molar-refractivity contribution in [2.45, 2.75) is 19.9 Å². The average molecular weight is 310 g/mol. The fourth-order valence-corrected chi connectivity index (χ4v) is 2.34. The van der Waals surface area contributed by atoms with E-state index in [1.807, 2.05) is 41.0 Å². The van der Waals surface area contributed by atoms with E-state index in [0.717, 1.165) is 22.5 Å². The van der Waals surface area contributed by atoms with E-state index in [9.17, 15) is 5.11 Å². The lowest BCUT2D eigenvalue weighted by molar-refractivity contribution is 0.296. The van der Waals surface area contributed by atoms with Gasteiger partial charge in [-0.1, -0.05) is 49.1 Å². The van der Waals surface area contributed by atoms with Crippen molar-refractivity contribution in [1.29, 1.82) is 0 Å². The Kier molecular flexibility index (Phi) is 5.94. The minimum Gasteiger partial charge on any atom is -0.513 e. The zero-order valence-electron chi connectivity index (χ0n) is 13.3. The lowest BCUT2D eigenvalue weighted by Gasteiger charge is -2.09. The highest BCUT2D eigenvalue weighted by molar-refractivity contribution is 5.61. The van der Waals surface area contributed by atoms with Crippen LogP contribution in [0.15, 0.2) is 72.8 Å². The van der Waals surface area contributed by atoms with E-state index in [1.54, 1.807) is 25.4 Å². The molecule has 0 bridgehead atoms. The zero-order chi connectivity index (χ0) is 16.7. The Hall–Kier alpha value is -2.59. The van der Waals surface area contributed by atoms with Gasteiger partial charge in [0.15, 0.2) is 0 Å². The molecule has 1 heterocycles. The molecular weight excluding hydrogens is 288 g/mol. The predicted molar refractivity (Wildman–Crippen MR) is 93.1 cm³/mol. The van der Waals surface area contributed by atoms with Gasteiger partial charge in [0.25, 0.3) is 0 Å². The van der Waals surface area contributed by atoms with Gasteiger partial charge in [0.2, 0.25) is 0 Å². The van der Waals surface area contributed by atoms with Crippen LogP contribution in [0, 0.1) is 0 Å². The monoisotopic (exact) mass is 310 g/mol. The summed E-state index contributed by atoms with van der Waals surface area (Å²) in [7, 11) is 0. The van der Waals surface area contributed by atoms with Crippen molar-refractivity contribution < 1.29 is 10.2 Å². The first-order valence-electron chi connectivity index (χ1n) is 7.54. The van der Waals surface area contributed by atoms with Crippen LogP contribution in [0.1, 0.15) is 12.6 Å². The van der Waals surface area contributed by atoms with Crippen LogP contribution >= 0.6 is 0 Å². The Morgan fingerprint density at radius 2 is 2.04 bits per heavy atom. The molecule has 0 aliphatic heterocycles. The number of hydrogen-bond donors (Lipinski definition) is 2. The van der Waals surface area contributed by atoms with Crippen LogP contribution in [0.3, 0.4) is 0 Å². The van der Waals surface area contributed by atoms with Gasteiger partial charge in [0, 0.05) is 30.8 Å². The van der Waals surface area contributed by atoms with Crippen LogP contribution in [0.25, 0.3) is 11.3 Å². The molecular formula is C19H22N2O2. The molecule has 1 aromatic heterocycles. The number of hydrogen-bond acceptors (Lipinski definition) is 3. The van der Waals surface area contributed by atoms with Crippen LogP contribution in [-0.4, -0.2) is 26.4 Å². The summed E-state index contributed by atoms with van der Waals surface area (Å²) < 4.78 is 2.00. The zero-order valence-corrected chi connectivity index (χ0v) is 13.3. The van der Waals surface area contributed by atoms with Gasteiger partial charge >= 0.3 is 0 Å². The maximum atomic E-state index is 9.36. The molecule has 120 valence electrons. The molecule has 1 aromatic carbocycles. The number of aliphatic hydroxyl groups is 2. The first-order valence-corrected chi connectivity index (χ1v) is 7.54. The van der Waals surface area contributed by atoms with Crippen LogP contribution in [-0.2, 0) is 13.0 Å². The van der Waals surface area contributed by atoms with Crippen LogP contribution in [0.4, 0.5) is 0 Å². The number of aliphatic hydroxyl groups excluding tert-OH is 2. The van der Waals surface area contributed by atoms with E-state index >= 15 is 0 Å². The smallest absolute Gasteiger partial charge is 0.0959 e. The fourth-order valence-electron chi connectivity index (χ4n) is 2.34. The van der Waals surface area contributed by atoms with Crippen molar-refractivity contribution in [1.82, 2.24) is 9.55 Å². The Morgan fingerprint density at radius 3 is 2.70 bits per heavy atom. The lowest BCUT2D eigenvalue weighted by Crippen LogP contribution is -2.06. The second-order valence-corrected chi connectivity index (χ2v) is 5.33. The second-order valence-electron chi connectivity index (χ2n) is 5.33. The first kappa shape index (κ1) is 16.8. The molecule has 0 saturated heterocycles. The quantitative estimate of drug-likeness (QED) is 0.606. The molecule has 2 rings (SSSR count). The maximum absolute atomic E-state index is 9.36. The van der Waals surface area contributed by atoms with E-state index < -0.39 is 0 Å². The SMILES string of the molecule is C=C(/C=C\C=C(/C)O)Cn1cnc(-c2ccccc2)c1CCO. The summed E-state index contributed by atoms with van der Waals surface area (Å²) in [6, 6.07) is 9.94. The summed E-state index contributed by atoms with van der Waals surface area (Å²) in [5.41, 5.74) is 3.80. The van der Waals surface area contributed by atoms with Crippen molar-refractivity contribution in [3.05, 3.63) is 78.5 Å². The summed E-state index contributed by atoms with van der Waals surface area (Å²) in [4.78, 5) is 4.50. The summed E-state index contributed by atoms with van der Waals surface area (Å²) >= 11 is 0. The van der Waals surface area contributed by atoms with E-state index in [4.69, 9.17) is 5.11 Å². The largest absolute Gasteiger partial charge is 0.513 e. The van der Waals surface area contributed by atoms with Crippen molar-refractivity contribution in [2.24, 2.45) is 0 Å². The van der Waals surface area contributed by atoms with E-state index in [-0.39, 0.29) is 12.4 Å². The molecule has 2 N–H and O–H groups in total. The van der Waals surface area contributed by atoms with E-state index in [1.165, 1.54) is 0 Å². The minimum absolute atomic E-state index is 0.0697. The molecule has 0 fully saturated rings. The molecule has 0 aliphatic carbocycles. The Labute approximate surface area is 136 Å². The highest BCUT2D eigenvalue weighted by atomic mass is 16.3. The topological polar surface area (TPSA) is 58.3 Å². The molecule has 0 unspecified atom stereocenters. The molecule has 4 nitrogen and oxygen atoms in total. The van der Waals surface area contributed by atoms with Gasteiger partial charge < -0.3 is 14.8 Å². The first-order chi connectivity index (χ1) is 11.1. The van der Waals surface area contributed by atoms with Gasteiger partial charge in [0.05, 0.1) is 17.8 Å². The van der Waals surface area contributed by atoms with Gasteiger partial charge in [-0.15, -0.1) is 0 Å². The summed E-state index contributed by atoms with van der Waals surface area (Å²) in [6.45, 7) is 6.30. The molecule has 0 atom stereocenters. The Balaban J connectivity index is 2.23. The molecule has 0 aliphatic rings. The van der Waals surface area contributed by atoms with Gasteiger partial charge in [-0.25, -0.2) is 4.98 Å². The minimum atomic E-state index is 0.0697. The third kappa shape index (κ3) is 4.69. The number of rotatable bonds is 7. The molecule has 2 aromatic rings. The Morgan fingerprint density at radius 1 is 1.30 bits per heavy atom. The summed E-state index contributed by atoms with van der Waals surface area (Å²) in [5.74, 6) is 0.254. The van der Waals surface area contributed by atoms with Gasteiger partial charge in [-0.2, -0.15) is 0 Å². The van der Waals surface area contributed by atoms with E-state index in [0.29, 0.717) is 13.0 Å². The second kappa shape index (κ2) is 8.15. The highest BCUT2D eigenvalue weighted by Crippen LogP contribution is 2.23. The van der Waals surface area contributed by atoms with Crippen molar-refractivity contribution in [2.75, 3.05) is 6.61 Å². The lowest BCUT2D eigenvalue weighted by atomic mass is 10.1. The Bertz CT molecular complexity index is 708. The summed E-state index contributed by atoms with van der Waals surface area (Å²) in [5, 5.41) is 18.5. The van der Waals surface area contributed by atoms with Crippen LogP contribution in [0.5, 0.6) is 0 Å². The average Bonchev–Trinajstić information content (AvgIpc) is 2.91. The number of allylic oxidation sites excluding steroid dienone is 5.